The van der Waals surface area contributed by atoms with Crippen LogP contribution in [0.25, 0.3) is 21.5 Å². The van der Waals surface area contributed by atoms with Crippen LogP contribution in [0.2, 0.25) is 5.02 Å². The molecule has 0 bridgehead atoms. The van der Waals surface area contributed by atoms with Gasteiger partial charge < -0.3 is 9.15 Å². The molecule has 0 saturated heterocycles. The van der Waals surface area contributed by atoms with Crippen molar-refractivity contribution in [2.75, 3.05) is 12.4 Å². The number of carbonyl (C=O) groups is 2. The first-order chi connectivity index (χ1) is 13.5. The number of nitrogens with one attached hydrogen (secondary N) is 1. The average molecular weight is 413 g/mol. The Hall–Kier alpha value is -3.16. The molecule has 140 valence electrons. The Morgan fingerprint density at radius 3 is 2.64 bits per heavy atom. The summed E-state index contributed by atoms with van der Waals surface area (Å²) in [5, 5.41) is 3.75. The second-order valence-electron chi connectivity index (χ2n) is 5.82. The predicted molar refractivity (Wildman–Crippen MR) is 108 cm³/mol. The number of benzene rings is 2. The SMILES string of the molecule is COC(=O)c1ccc2nc(NC(=O)c3ccc(-c4ccc(Cl)cc4)o3)sc2c1. The molecule has 0 saturated carbocycles. The van der Waals surface area contributed by atoms with Crippen molar-refractivity contribution in [3.63, 3.8) is 0 Å². The zero-order chi connectivity index (χ0) is 19.7. The molecule has 0 aliphatic carbocycles. The normalized spacial score (nSPS) is 10.8. The van der Waals surface area contributed by atoms with E-state index in [2.05, 4.69) is 10.3 Å². The molecule has 1 amide bonds. The average Bonchev–Trinajstić information content (AvgIpc) is 3.34. The minimum atomic E-state index is -0.425. The van der Waals surface area contributed by atoms with E-state index in [1.807, 2.05) is 12.1 Å². The second kappa shape index (κ2) is 7.46. The third-order valence-electron chi connectivity index (χ3n) is 3.99. The van der Waals surface area contributed by atoms with E-state index in [4.69, 9.17) is 20.8 Å². The summed E-state index contributed by atoms with van der Waals surface area (Å²) in [6.45, 7) is 0. The summed E-state index contributed by atoms with van der Waals surface area (Å²) in [7, 11) is 1.33. The number of anilines is 1. The topological polar surface area (TPSA) is 81.4 Å². The molecular weight excluding hydrogens is 400 g/mol. The standard InChI is InChI=1S/C20H13ClN2O4S/c1-26-19(25)12-4-7-14-17(10-12)28-20(22-14)23-18(24)16-9-8-15(27-16)11-2-5-13(21)6-3-11/h2-10H,1H3,(H,22,23,24). The Kier molecular flexibility index (Phi) is 4.85. The largest absolute Gasteiger partial charge is 0.465 e. The number of furan rings is 1. The molecule has 0 aliphatic rings. The lowest BCUT2D eigenvalue weighted by molar-refractivity contribution is 0.0601. The van der Waals surface area contributed by atoms with Gasteiger partial charge in [-0.25, -0.2) is 9.78 Å². The molecule has 0 fully saturated rings. The summed E-state index contributed by atoms with van der Waals surface area (Å²) in [4.78, 5) is 28.5. The van der Waals surface area contributed by atoms with Crippen molar-refractivity contribution in [3.05, 3.63) is 70.9 Å². The molecule has 1 N–H and O–H groups in total. The van der Waals surface area contributed by atoms with Crippen LogP contribution in [0.1, 0.15) is 20.9 Å². The minimum Gasteiger partial charge on any atom is -0.465 e. The molecule has 0 unspecified atom stereocenters. The highest BCUT2D eigenvalue weighted by Crippen LogP contribution is 2.28. The summed E-state index contributed by atoms with van der Waals surface area (Å²) >= 11 is 7.15. The van der Waals surface area contributed by atoms with Crippen molar-refractivity contribution in [1.82, 2.24) is 4.98 Å². The van der Waals surface area contributed by atoms with Crippen LogP contribution < -0.4 is 5.32 Å². The van der Waals surface area contributed by atoms with Crippen molar-refractivity contribution in [3.8, 4) is 11.3 Å². The Bertz CT molecular complexity index is 1180. The van der Waals surface area contributed by atoms with E-state index in [-0.39, 0.29) is 5.76 Å². The summed E-state index contributed by atoms with van der Waals surface area (Å²) in [6, 6.07) is 15.5. The number of esters is 1. The summed E-state index contributed by atoms with van der Waals surface area (Å²) in [5.41, 5.74) is 1.92. The highest BCUT2D eigenvalue weighted by atomic mass is 35.5. The Morgan fingerprint density at radius 2 is 1.89 bits per heavy atom. The molecule has 2 aromatic carbocycles. The van der Waals surface area contributed by atoms with Crippen molar-refractivity contribution >= 4 is 50.2 Å². The number of nitrogens with zero attached hydrogens (tertiary/aromatic N) is 1. The second-order valence-corrected chi connectivity index (χ2v) is 7.29. The van der Waals surface area contributed by atoms with Gasteiger partial charge in [0.25, 0.3) is 5.91 Å². The number of ether oxygens (including phenoxy) is 1. The van der Waals surface area contributed by atoms with Crippen LogP contribution in [0.4, 0.5) is 5.13 Å². The van der Waals surface area contributed by atoms with Crippen molar-refractivity contribution < 1.29 is 18.7 Å². The third-order valence-corrected chi connectivity index (χ3v) is 5.17. The fourth-order valence-electron chi connectivity index (χ4n) is 2.61. The smallest absolute Gasteiger partial charge is 0.337 e. The first kappa shape index (κ1) is 18.2. The lowest BCUT2D eigenvalue weighted by Crippen LogP contribution is -2.10. The zero-order valence-corrected chi connectivity index (χ0v) is 16.1. The molecule has 2 aromatic heterocycles. The molecular formula is C20H13ClN2O4S. The number of thiazole rings is 1. The van der Waals surface area contributed by atoms with E-state index >= 15 is 0 Å². The van der Waals surface area contributed by atoms with Gasteiger partial charge in [0, 0.05) is 10.6 Å². The monoisotopic (exact) mass is 412 g/mol. The van der Waals surface area contributed by atoms with Crippen LogP contribution >= 0.6 is 22.9 Å². The van der Waals surface area contributed by atoms with Gasteiger partial charge in [-0.2, -0.15) is 0 Å². The highest BCUT2D eigenvalue weighted by molar-refractivity contribution is 7.22. The zero-order valence-electron chi connectivity index (χ0n) is 14.6. The quantitative estimate of drug-likeness (QED) is 0.463. The van der Waals surface area contributed by atoms with Crippen molar-refractivity contribution in [2.45, 2.75) is 0 Å². The van der Waals surface area contributed by atoms with Gasteiger partial charge in [0.2, 0.25) is 0 Å². The fourth-order valence-corrected chi connectivity index (χ4v) is 3.64. The third kappa shape index (κ3) is 3.62. The van der Waals surface area contributed by atoms with Gasteiger partial charge >= 0.3 is 5.97 Å². The number of hydrogen-bond donors (Lipinski definition) is 1. The maximum absolute atomic E-state index is 12.5. The minimum absolute atomic E-state index is 0.166. The molecule has 0 spiro atoms. The van der Waals surface area contributed by atoms with E-state index < -0.39 is 11.9 Å². The lowest BCUT2D eigenvalue weighted by Gasteiger charge is -1.99. The van der Waals surface area contributed by atoms with E-state index in [1.54, 1.807) is 42.5 Å². The van der Waals surface area contributed by atoms with Crippen LogP contribution in [0.15, 0.2) is 59.0 Å². The van der Waals surface area contributed by atoms with Gasteiger partial charge in [0.05, 0.1) is 22.9 Å². The van der Waals surface area contributed by atoms with Gasteiger partial charge in [0.1, 0.15) is 5.76 Å². The first-order valence-electron chi connectivity index (χ1n) is 8.19. The number of amides is 1. The van der Waals surface area contributed by atoms with Gasteiger partial charge in [0.15, 0.2) is 10.9 Å². The number of rotatable bonds is 4. The Labute approximate surface area is 168 Å². The number of carbonyl (C=O) groups excluding carboxylic acids is 2. The van der Waals surface area contributed by atoms with Crippen LogP contribution in [0, 0.1) is 0 Å². The summed E-state index contributed by atoms with van der Waals surface area (Å²) < 4.78 is 11.1. The van der Waals surface area contributed by atoms with Crippen molar-refractivity contribution in [2.24, 2.45) is 0 Å². The molecule has 6 nitrogen and oxygen atoms in total. The highest BCUT2D eigenvalue weighted by Gasteiger charge is 2.15. The number of fused-ring (bicyclic) bond motifs is 1. The van der Waals surface area contributed by atoms with Crippen LogP contribution in [0.3, 0.4) is 0 Å². The number of hydrogen-bond acceptors (Lipinski definition) is 6. The molecule has 4 aromatic rings. The van der Waals surface area contributed by atoms with Crippen LogP contribution in [-0.4, -0.2) is 24.0 Å². The van der Waals surface area contributed by atoms with E-state index in [0.29, 0.717) is 27.0 Å². The molecule has 0 radical (unpaired) electrons. The van der Waals surface area contributed by atoms with E-state index in [9.17, 15) is 9.59 Å². The van der Waals surface area contributed by atoms with E-state index in [0.717, 1.165) is 10.3 Å². The maximum atomic E-state index is 12.5. The summed E-state index contributed by atoms with van der Waals surface area (Å²) in [6.07, 6.45) is 0. The molecule has 2 heterocycles. The lowest BCUT2D eigenvalue weighted by atomic mass is 10.2. The first-order valence-corrected chi connectivity index (χ1v) is 9.39. The van der Waals surface area contributed by atoms with Gasteiger partial charge in [-0.3, -0.25) is 10.1 Å². The molecule has 0 aliphatic heterocycles. The van der Waals surface area contributed by atoms with Gasteiger partial charge in [-0.15, -0.1) is 0 Å². The van der Waals surface area contributed by atoms with E-state index in [1.165, 1.54) is 18.4 Å². The van der Waals surface area contributed by atoms with Gasteiger partial charge in [-0.05, 0) is 54.6 Å². The van der Waals surface area contributed by atoms with Crippen molar-refractivity contribution in [1.29, 1.82) is 0 Å². The molecule has 8 heteroatoms. The number of aromatic nitrogens is 1. The van der Waals surface area contributed by atoms with Gasteiger partial charge in [-0.1, -0.05) is 22.9 Å². The van der Waals surface area contributed by atoms with Crippen LogP contribution in [0.5, 0.6) is 0 Å². The van der Waals surface area contributed by atoms with Crippen LogP contribution in [-0.2, 0) is 4.74 Å². The predicted octanol–water partition coefficient (Wildman–Crippen LogP) is 5.25. The Balaban J connectivity index is 1.53. The molecule has 0 atom stereocenters. The summed E-state index contributed by atoms with van der Waals surface area (Å²) in [5.74, 6) is -0.105. The number of halogens is 1. The Morgan fingerprint density at radius 1 is 1.11 bits per heavy atom. The maximum Gasteiger partial charge on any atom is 0.337 e. The fraction of sp³-hybridized carbons (Fsp3) is 0.0500. The molecule has 28 heavy (non-hydrogen) atoms. The number of methoxy groups -OCH3 is 1. The molecule has 4 rings (SSSR count).